The molecular weight excluding hydrogens is 221 g/mol. The van der Waals surface area contributed by atoms with Crippen molar-refractivity contribution in [2.75, 3.05) is 6.61 Å². The Balaban J connectivity index is 2.77. The fourth-order valence-corrected chi connectivity index (χ4v) is 1.76. The highest BCUT2D eigenvalue weighted by Gasteiger charge is 2.21. The summed E-state index contributed by atoms with van der Waals surface area (Å²) in [6.45, 7) is 3.56. The van der Waals surface area contributed by atoms with E-state index in [1.165, 1.54) is 12.3 Å². The number of hydrogen-bond donors (Lipinski definition) is 2. The molecule has 2 N–H and O–H groups in total. The van der Waals surface area contributed by atoms with Crippen molar-refractivity contribution in [3.63, 3.8) is 0 Å². The summed E-state index contributed by atoms with van der Waals surface area (Å²) in [5, 5.41) is 9.88. The van der Waals surface area contributed by atoms with Crippen LogP contribution in [0.4, 0.5) is 4.39 Å². The van der Waals surface area contributed by atoms with Crippen LogP contribution in [-0.4, -0.2) is 16.7 Å². The Labute approximate surface area is 97.9 Å². The molecule has 3 nitrogen and oxygen atoms in total. The quantitative estimate of drug-likeness (QED) is 0.835. The van der Waals surface area contributed by atoms with Crippen LogP contribution < -0.4 is 5.56 Å². The van der Waals surface area contributed by atoms with E-state index in [9.17, 15) is 14.3 Å². The SMILES string of the molecule is CC(C)(CO)c1cc(F)c2c(=O)[nH]ccc2c1. The fraction of sp³-hybridized carbons (Fsp3) is 0.308. The van der Waals surface area contributed by atoms with Gasteiger partial charge in [-0.3, -0.25) is 4.79 Å². The van der Waals surface area contributed by atoms with Crippen molar-refractivity contribution in [1.82, 2.24) is 4.98 Å². The van der Waals surface area contributed by atoms with Gasteiger partial charge in [-0.15, -0.1) is 0 Å². The minimum atomic E-state index is -0.555. The maximum Gasteiger partial charge on any atom is 0.258 e. The first-order chi connectivity index (χ1) is 7.95. The highest BCUT2D eigenvalue weighted by atomic mass is 19.1. The summed E-state index contributed by atoms with van der Waals surface area (Å²) in [5.41, 5.74) is -0.290. The number of fused-ring (bicyclic) bond motifs is 1. The van der Waals surface area contributed by atoms with Crippen molar-refractivity contribution in [3.05, 3.63) is 46.1 Å². The van der Waals surface area contributed by atoms with Crippen LogP contribution in [0.5, 0.6) is 0 Å². The normalized spacial score (nSPS) is 12.0. The number of nitrogens with one attached hydrogen (secondary N) is 1. The lowest BCUT2D eigenvalue weighted by Crippen LogP contribution is -2.22. The van der Waals surface area contributed by atoms with Crippen molar-refractivity contribution >= 4 is 10.8 Å². The van der Waals surface area contributed by atoms with Crippen molar-refractivity contribution < 1.29 is 9.50 Å². The minimum absolute atomic E-state index is 0.0602. The van der Waals surface area contributed by atoms with E-state index in [4.69, 9.17) is 0 Å². The number of H-pyrrole nitrogens is 1. The number of hydrogen-bond acceptors (Lipinski definition) is 2. The molecule has 0 spiro atoms. The summed E-state index contributed by atoms with van der Waals surface area (Å²) in [6, 6.07) is 4.70. The number of rotatable bonds is 2. The largest absolute Gasteiger partial charge is 0.395 e. The number of aliphatic hydroxyl groups is 1. The average molecular weight is 235 g/mol. The molecule has 90 valence electrons. The second-order valence-electron chi connectivity index (χ2n) is 4.77. The van der Waals surface area contributed by atoms with E-state index in [-0.39, 0.29) is 12.0 Å². The number of aromatic amines is 1. The second kappa shape index (κ2) is 3.96. The number of aliphatic hydroxyl groups excluding tert-OH is 1. The number of aromatic nitrogens is 1. The molecule has 1 aromatic carbocycles. The topological polar surface area (TPSA) is 53.1 Å². The molecule has 0 bridgehead atoms. The maximum absolute atomic E-state index is 13.9. The van der Waals surface area contributed by atoms with Crippen LogP contribution in [-0.2, 0) is 5.41 Å². The predicted octanol–water partition coefficient (Wildman–Crippen LogP) is 1.94. The zero-order valence-corrected chi connectivity index (χ0v) is 9.75. The summed E-state index contributed by atoms with van der Waals surface area (Å²) in [6.07, 6.45) is 1.49. The van der Waals surface area contributed by atoms with Crippen LogP contribution in [0, 0.1) is 5.82 Å². The lowest BCUT2D eigenvalue weighted by Gasteiger charge is -2.22. The first-order valence-electron chi connectivity index (χ1n) is 5.38. The van der Waals surface area contributed by atoms with Crippen LogP contribution in [0.3, 0.4) is 0 Å². The van der Waals surface area contributed by atoms with Gasteiger partial charge in [-0.1, -0.05) is 19.9 Å². The van der Waals surface area contributed by atoms with Crippen LogP contribution in [0.25, 0.3) is 10.8 Å². The summed E-state index contributed by atoms with van der Waals surface area (Å²) >= 11 is 0. The van der Waals surface area contributed by atoms with Gasteiger partial charge in [0.25, 0.3) is 5.56 Å². The molecule has 0 aliphatic carbocycles. The summed E-state index contributed by atoms with van der Waals surface area (Å²) < 4.78 is 13.9. The lowest BCUT2D eigenvalue weighted by molar-refractivity contribution is 0.218. The number of pyridine rings is 1. The van der Waals surface area contributed by atoms with Crippen molar-refractivity contribution in [3.8, 4) is 0 Å². The highest BCUT2D eigenvalue weighted by Crippen LogP contribution is 2.26. The van der Waals surface area contributed by atoms with Crippen LogP contribution >= 0.6 is 0 Å². The third kappa shape index (κ3) is 1.96. The Morgan fingerprint density at radius 2 is 2.12 bits per heavy atom. The zero-order chi connectivity index (χ0) is 12.6. The molecule has 0 fully saturated rings. The second-order valence-corrected chi connectivity index (χ2v) is 4.77. The van der Waals surface area contributed by atoms with Gasteiger partial charge >= 0.3 is 0 Å². The number of benzene rings is 1. The molecule has 0 amide bonds. The van der Waals surface area contributed by atoms with Gasteiger partial charge in [-0.05, 0) is 23.1 Å². The van der Waals surface area contributed by atoms with Crippen LogP contribution in [0.2, 0.25) is 0 Å². The van der Waals surface area contributed by atoms with Crippen LogP contribution in [0.1, 0.15) is 19.4 Å². The molecule has 4 heteroatoms. The van der Waals surface area contributed by atoms with Crippen molar-refractivity contribution in [2.24, 2.45) is 0 Å². The molecule has 1 heterocycles. The molecule has 0 radical (unpaired) electrons. The van der Waals surface area contributed by atoms with E-state index in [2.05, 4.69) is 4.98 Å². The van der Waals surface area contributed by atoms with Crippen molar-refractivity contribution in [2.45, 2.75) is 19.3 Å². The molecule has 0 saturated carbocycles. The molecule has 0 aliphatic rings. The van der Waals surface area contributed by atoms with Gasteiger partial charge in [0, 0.05) is 11.6 Å². The average Bonchev–Trinajstić information content (AvgIpc) is 2.28. The van der Waals surface area contributed by atoms with Gasteiger partial charge < -0.3 is 10.1 Å². The standard InChI is InChI=1S/C13H14FNO2/c1-13(2,7-16)9-5-8-3-4-15-12(17)11(8)10(14)6-9/h3-6,16H,7H2,1-2H3,(H,15,17). The first-order valence-corrected chi connectivity index (χ1v) is 5.38. The smallest absolute Gasteiger partial charge is 0.258 e. The molecule has 17 heavy (non-hydrogen) atoms. The summed E-state index contributed by atoms with van der Waals surface area (Å²) in [5.74, 6) is -0.555. The van der Waals surface area contributed by atoms with Gasteiger partial charge in [0.05, 0.1) is 12.0 Å². The third-order valence-corrected chi connectivity index (χ3v) is 3.00. The summed E-state index contributed by atoms with van der Waals surface area (Å²) in [7, 11) is 0. The van der Waals surface area contributed by atoms with E-state index < -0.39 is 16.8 Å². The van der Waals surface area contributed by atoms with E-state index >= 15 is 0 Å². The lowest BCUT2D eigenvalue weighted by atomic mass is 9.84. The molecule has 0 atom stereocenters. The van der Waals surface area contributed by atoms with Gasteiger partial charge in [-0.2, -0.15) is 0 Å². The summed E-state index contributed by atoms with van der Waals surface area (Å²) in [4.78, 5) is 13.9. The Kier molecular flexibility index (Phi) is 2.75. The van der Waals surface area contributed by atoms with E-state index in [0.717, 1.165) is 0 Å². The first kappa shape index (κ1) is 11.8. The highest BCUT2D eigenvalue weighted by molar-refractivity contribution is 5.82. The molecule has 1 aromatic heterocycles. The molecule has 0 saturated heterocycles. The van der Waals surface area contributed by atoms with Gasteiger partial charge in [-0.25, -0.2) is 4.39 Å². The van der Waals surface area contributed by atoms with E-state index in [1.807, 2.05) is 13.8 Å². The molecule has 2 aromatic rings. The third-order valence-electron chi connectivity index (χ3n) is 3.00. The Hall–Kier alpha value is -1.68. The minimum Gasteiger partial charge on any atom is -0.395 e. The molecule has 2 rings (SSSR count). The Morgan fingerprint density at radius 1 is 1.41 bits per heavy atom. The maximum atomic E-state index is 13.9. The van der Waals surface area contributed by atoms with E-state index in [1.54, 1.807) is 12.1 Å². The molecule has 0 aliphatic heterocycles. The Morgan fingerprint density at radius 3 is 2.76 bits per heavy atom. The Bertz CT molecular complexity index is 616. The fourth-order valence-electron chi connectivity index (χ4n) is 1.76. The monoisotopic (exact) mass is 235 g/mol. The number of halogens is 1. The van der Waals surface area contributed by atoms with Gasteiger partial charge in [0.1, 0.15) is 5.82 Å². The van der Waals surface area contributed by atoms with Crippen molar-refractivity contribution in [1.29, 1.82) is 0 Å². The van der Waals surface area contributed by atoms with Gasteiger partial charge in [0.15, 0.2) is 0 Å². The van der Waals surface area contributed by atoms with E-state index in [0.29, 0.717) is 10.9 Å². The zero-order valence-electron chi connectivity index (χ0n) is 9.75. The predicted molar refractivity (Wildman–Crippen MR) is 64.6 cm³/mol. The van der Waals surface area contributed by atoms with Crippen LogP contribution in [0.15, 0.2) is 29.2 Å². The van der Waals surface area contributed by atoms with Gasteiger partial charge in [0.2, 0.25) is 0 Å². The molecule has 0 unspecified atom stereocenters. The molecular formula is C13H14FNO2.